The van der Waals surface area contributed by atoms with E-state index in [9.17, 15) is 9.59 Å². The normalized spacial score (nSPS) is 14.9. The van der Waals surface area contributed by atoms with E-state index in [0.29, 0.717) is 17.4 Å². The van der Waals surface area contributed by atoms with E-state index in [4.69, 9.17) is 9.15 Å². The summed E-state index contributed by atoms with van der Waals surface area (Å²) in [6, 6.07) is 3.22. The molecule has 1 aliphatic rings. The molecule has 3 rings (SSSR count). The van der Waals surface area contributed by atoms with Crippen LogP contribution in [0.25, 0.3) is 0 Å². The molecule has 0 aliphatic carbocycles. The summed E-state index contributed by atoms with van der Waals surface area (Å²) in [6.07, 6.45) is 2.55. The van der Waals surface area contributed by atoms with Gasteiger partial charge in [-0.05, 0) is 25.1 Å². The Morgan fingerprint density at radius 1 is 1.31 bits per heavy atom. The van der Waals surface area contributed by atoms with Crippen LogP contribution in [0.2, 0.25) is 0 Å². The van der Waals surface area contributed by atoms with Crippen molar-refractivity contribution < 1.29 is 18.7 Å². The van der Waals surface area contributed by atoms with Crippen LogP contribution in [-0.4, -0.2) is 61.1 Å². The summed E-state index contributed by atoms with van der Waals surface area (Å²) in [5.74, 6) is -0.204. The first-order valence-electron chi connectivity index (χ1n) is 8.57. The Kier molecular flexibility index (Phi) is 6.75. The number of hydrogen-bond acceptors (Lipinski definition) is 7. The lowest BCUT2D eigenvalue weighted by atomic mass is 10.3. The summed E-state index contributed by atoms with van der Waals surface area (Å²) in [5.41, 5.74) is 0.635. The highest BCUT2D eigenvalue weighted by Gasteiger charge is 2.13. The number of thiazole rings is 1. The molecule has 0 saturated carbocycles. The monoisotopic (exact) mass is 378 g/mol. The summed E-state index contributed by atoms with van der Waals surface area (Å²) < 4.78 is 10.3. The van der Waals surface area contributed by atoms with Crippen LogP contribution >= 0.6 is 11.3 Å². The van der Waals surface area contributed by atoms with Crippen LogP contribution in [0.3, 0.4) is 0 Å². The van der Waals surface area contributed by atoms with E-state index in [1.165, 1.54) is 17.6 Å². The molecule has 1 fully saturated rings. The minimum Gasteiger partial charge on any atom is -0.459 e. The van der Waals surface area contributed by atoms with E-state index in [-0.39, 0.29) is 24.0 Å². The third-order valence-corrected chi connectivity index (χ3v) is 4.74. The first kappa shape index (κ1) is 18.6. The number of rotatable bonds is 8. The van der Waals surface area contributed by atoms with Gasteiger partial charge in [-0.15, -0.1) is 11.3 Å². The molecule has 0 radical (unpaired) electrons. The third-order valence-electron chi connectivity index (χ3n) is 3.94. The lowest BCUT2D eigenvalue weighted by molar-refractivity contribution is -0.120. The highest BCUT2D eigenvalue weighted by molar-refractivity contribution is 7.14. The summed E-state index contributed by atoms with van der Waals surface area (Å²) in [7, 11) is 0. The second-order valence-corrected chi connectivity index (χ2v) is 6.77. The number of furan rings is 1. The van der Waals surface area contributed by atoms with E-state index in [1.807, 2.05) is 0 Å². The van der Waals surface area contributed by atoms with E-state index >= 15 is 0 Å². The van der Waals surface area contributed by atoms with Crippen LogP contribution < -0.4 is 10.6 Å². The maximum atomic E-state index is 12.0. The Morgan fingerprint density at radius 2 is 2.15 bits per heavy atom. The van der Waals surface area contributed by atoms with Crippen molar-refractivity contribution in [3.63, 3.8) is 0 Å². The molecule has 140 valence electrons. The third kappa shape index (κ3) is 5.65. The number of anilines is 1. The van der Waals surface area contributed by atoms with E-state index in [0.717, 1.165) is 39.3 Å². The lowest BCUT2D eigenvalue weighted by Gasteiger charge is -2.26. The van der Waals surface area contributed by atoms with Gasteiger partial charge in [0.05, 0.1) is 31.6 Å². The molecule has 2 amide bonds. The van der Waals surface area contributed by atoms with Gasteiger partial charge >= 0.3 is 0 Å². The molecule has 0 unspecified atom stereocenters. The number of nitrogens with zero attached hydrogens (tertiary/aromatic N) is 2. The zero-order valence-electron chi connectivity index (χ0n) is 14.4. The minimum atomic E-state index is -0.358. The van der Waals surface area contributed by atoms with E-state index in [2.05, 4.69) is 20.5 Å². The molecule has 0 spiro atoms. The maximum Gasteiger partial charge on any atom is 0.293 e. The van der Waals surface area contributed by atoms with Gasteiger partial charge < -0.3 is 14.5 Å². The molecule has 2 aromatic rings. The molecular weight excluding hydrogens is 356 g/mol. The predicted octanol–water partition coefficient (Wildman–Crippen LogP) is 1.37. The van der Waals surface area contributed by atoms with Crippen molar-refractivity contribution >= 4 is 28.3 Å². The van der Waals surface area contributed by atoms with Crippen LogP contribution in [0.1, 0.15) is 22.7 Å². The fourth-order valence-electron chi connectivity index (χ4n) is 2.59. The van der Waals surface area contributed by atoms with Gasteiger partial charge in [0.1, 0.15) is 0 Å². The van der Waals surface area contributed by atoms with Crippen molar-refractivity contribution in [3.05, 3.63) is 35.2 Å². The zero-order chi connectivity index (χ0) is 18.2. The highest BCUT2D eigenvalue weighted by Crippen LogP contribution is 2.17. The summed E-state index contributed by atoms with van der Waals surface area (Å²) in [5, 5.41) is 7.78. The molecule has 1 aliphatic heterocycles. The molecular formula is C17H22N4O4S. The van der Waals surface area contributed by atoms with Crippen molar-refractivity contribution in [2.75, 3.05) is 44.7 Å². The van der Waals surface area contributed by atoms with Crippen molar-refractivity contribution in [2.24, 2.45) is 0 Å². The summed E-state index contributed by atoms with van der Waals surface area (Å²) in [4.78, 5) is 30.5. The molecule has 0 atom stereocenters. The van der Waals surface area contributed by atoms with Crippen LogP contribution in [0, 0.1) is 0 Å². The molecule has 0 aromatic carbocycles. The number of nitrogens with one attached hydrogen (secondary N) is 2. The fourth-order valence-corrected chi connectivity index (χ4v) is 3.30. The number of ether oxygens (including phenoxy) is 1. The average molecular weight is 378 g/mol. The molecule has 2 N–H and O–H groups in total. The second-order valence-electron chi connectivity index (χ2n) is 5.91. The standard InChI is InChI=1S/C17H22N4O4S/c22-15(18-4-2-5-21-6-9-24-10-7-21)11-13-12-26-17(19-13)20-16(23)14-3-1-8-25-14/h1,3,8,12H,2,4-7,9-11H2,(H,18,22)(H,19,20,23). The van der Waals surface area contributed by atoms with Gasteiger partial charge in [-0.2, -0.15) is 0 Å². The van der Waals surface area contributed by atoms with Gasteiger partial charge in [0.25, 0.3) is 5.91 Å². The van der Waals surface area contributed by atoms with E-state index in [1.54, 1.807) is 17.5 Å². The molecule has 1 saturated heterocycles. The zero-order valence-corrected chi connectivity index (χ0v) is 15.2. The first-order valence-corrected chi connectivity index (χ1v) is 9.45. The van der Waals surface area contributed by atoms with Gasteiger partial charge in [0.15, 0.2) is 10.9 Å². The largest absolute Gasteiger partial charge is 0.459 e. The smallest absolute Gasteiger partial charge is 0.293 e. The number of carbonyl (C=O) groups excluding carboxylic acids is 2. The number of hydrogen-bond donors (Lipinski definition) is 2. The number of amides is 2. The molecule has 9 heteroatoms. The Hall–Kier alpha value is -2.23. The molecule has 26 heavy (non-hydrogen) atoms. The highest BCUT2D eigenvalue weighted by atomic mass is 32.1. The fraction of sp³-hybridized carbons (Fsp3) is 0.471. The maximum absolute atomic E-state index is 12.0. The molecule has 0 bridgehead atoms. The van der Waals surface area contributed by atoms with Gasteiger partial charge in [-0.1, -0.05) is 0 Å². The van der Waals surface area contributed by atoms with E-state index < -0.39 is 0 Å². The van der Waals surface area contributed by atoms with Gasteiger partial charge in [0.2, 0.25) is 5.91 Å². The van der Waals surface area contributed by atoms with Crippen LogP contribution in [0.5, 0.6) is 0 Å². The predicted molar refractivity (Wildman–Crippen MR) is 97.4 cm³/mol. The van der Waals surface area contributed by atoms with Crippen molar-refractivity contribution in [1.82, 2.24) is 15.2 Å². The Morgan fingerprint density at radius 3 is 2.92 bits per heavy atom. The van der Waals surface area contributed by atoms with Crippen LogP contribution in [-0.2, 0) is 16.0 Å². The molecule has 2 aromatic heterocycles. The Bertz CT molecular complexity index is 710. The van der Waals surface area contributed by atoms with Gasteiger partial charge in [-0.3, -0.25) is 19.8 Å². The number of morpholine rings is 1. The number of aromatic nitrogens is 1. The minimum absolute atomic E-state index is 0.0683. The first-order chi connectivity index (χ1) is 12.7. The molecule has 8 nitrogen and oxygen atoms in total. The number of carbonyl (C=O) groups is 2. The Labute approximate surface area is 155 Å². The second kappa shape index (κ2) is 9.46. The summed E-state index contributed by atoms with van der Waals surface area (Å²) >= 11 is 1.28. The van der Waals surface area contributed by atoms with Crippen molar-refractivity contribution in [3.8, 4) is 0 Å². The van der Waals surface area contributed by atoms with Crippen molar-refractivity contribution in [2.45, 2.75) is 12.8 Å². The SMILES string of the molecule is O=C(Cc1csc(NC(=O)c2ccco2)n1)NCCCN1CCOCC1. The lowest BCUT2D eigenvalue weighted by Crippen LogP contribution is -2.38. The quantitative estimate of drug-likeness (QED) is 0.674. The topological polar surface area (TPSA) is 96.7 Å². The molecule has 3 heterocycles. The average Bonchev–Trinajstić information content (AvgIpc) is 3.32. The van der Waals surface area contributed by atoms with Gasteiger partial charge in [0, 0.05) is 25.0 Å². The Balaban J connectivity index is 1.35. The van der Waals surface area contributed by atoms with Crippen LogP contribution in [0.15, 0.2) is 28.2 Å². The van der Waals surface area contributed by atoms with Crippen molar-refractivity contribution in [1.29, 1.82) is 0 Å². The van der Waals surface area contributed by atoms with Crippen LogP contribution in [0.4, 0.5) is 5.13 Å². The van der Waals surface area contributed by atoms with Gasteiger partial charge in [-0.25, -0.2) is 4.98 Å². The summed E-state index contributed by atoms with van der Waals surface area (Å²) in [6.45, 7) is 5.09.